The molecule has 2 rings (SSSR count). The monoisotopic (exact) mass is 302 g/mol. The molecule has 0 saturated carbocycles. The van der Waals surface area contributed by atoms with Crippen LogP contribution in [0.3, 0.4) is 0 Å². The highest BCUT2D eigenvalue weighted by Gasteiger charge is 2.22. The van der Waals surface area contributed by atoms with Crippen LogP contribution in [0.1, 0.15) is 24.5 Å². The van der Waals surface area contributed by atoms with E-state index in [-0.39, 0.29) is 11.4 Å². The number of nitrogens with zero attached hydrogens (tertiary/aromatic N) is 1. The molecule has 2 aromatic rings. The van der Waals surface area contributed by atoms with Gasteiger partial charge in [0, 0.05) is 0 Å². The Bertz CT molecular complexity index is 682. The van der Waals surface area contributed by atoms with Gasteiger partial charge in [0.25, 0.3) is 5.56 Å². The number of aliphatic carboxylic acids is 1. The first-order valence-electron chi connectivity index (χ1n) is 7.11. The molecule has 0 aliphatic heterocycles. The molecule has 1 heterocycles. The lowest BCUT2D eigenvalue weighted by Gasteiger charge is -2.15. The van der Waals surface area contributed by atoms with E-state index in [0.29, 0.717) is 24.8 Å². The standard InChI is InChI=1S/C16H18N2O4/c1-2-12-14(19)17-10-18-15(12)22-13(16(20)21)9-8-11-6-4-3-5-7-11/h3-7,10,13H,2,8-9H2,1H3,(H,20,21)(H,17,18,19). The van der Waals surface area contributed by atoms with Crippen LogP contribution in [-0.4, -0.2) is 27.1 Å². The molecular weight excluding hydrogens is 284 g/mol. The number of rotatable bonds is 7. The number of hydrogen-bond donors (Lipinski definition) is 2. The average molecular weight is 302 g/mol. The fourth-order valence-electron chi connectivity index (χ4n) is 2.14. The van der Waals surface area contributed by atoms with Crippen LogP contribution in [0.15, 0.2) is 41.5 Å². The number of ether oxygens (including phenoxy) is 1. The van der Waals surface area contributed by atoms with E-state index in [1.54, 1.807) is 6.92 Å². The number of aryl methyl sites for hydroxylation is 1. The zero-order valence-corrected chi connectivity index (χ0v) is 12.3. The molecule has 0 aliphatic carbocycles. The van der Waals surface area contributed by atoms with Crippen LogP contribution in [0.5, 0.6) is 5.88 Å². The summed E-state index contributed by atoms with van der Waals surface area (Å²) in [6.07, 6.45) is 1.47. The van der Waals surface area contributed by atoms with Crippen molar-refractivity contribution in [1.29, 1.82) is 0 Å². The van der Waals surface area contributed by atoms with E-state index in [2.05, 4.69) is 9.97 Å². The molecule has 0 radical (unpaired) electrons. The number of benzene rings is 1. The molecule has 0 aliphatic rings. The Morgan fingerprint density at radius 1 is 1.36 bits per heavy atom. The minimum atomic E-state index is -1.07. The number of aromatic nitrogens is 2. The maximum Gasteiger partial charge on any atom is 0.344 e. The van der Waals surface area contributed by atoms with Gasteiger partial charge in [0.15, 0.2) is 6.10 Å². The van der Waals surface area contributed by atoms with Crippen molar-refractivity contribution in [2.24, 2.45) is 0 Å². The van der Waals surface area contributed by atoms with Gasteiger partial charge in [0.1, 0.15) is 0 Å². The molecule has 0 saturated heterocycles. The summed E-state index contributed by atoms with van der Waals surface area (Å²) in [5.41, 5.74) is 1.08. The molecule has 0 amide bonds. The summed E-state index contributed by atoms with van der Waals surface area (Å²) in [7, 11) is 0. The Hall–Kier alpha value is -2.63. The molecule has 22 heavy (non-hydrogen) atoms. The van der Waals surface area contributed by atoms with Crippen molar-refractivity contribution in [2.75, 3.05) is 0 Å². The first-order chi connectivity index (χ1) is 10.6. The molecule has 2 N–H and O–H groups in total. The van der Waals surface area contributed by atoms with Gasteiger partial charge in [0.2, 0.25) is 5.88 Å². The second-order valence-electron chi connectivity index (χ2n) is 4.84. The zero-order valence-electron chi connectivity index (χ0n) is 12.3. The van der Waals surface area contributed by atoms with Crippen LogP contribution >= 0.6 is 0 Å². The molecule has 116 valence electrons. The minimum Gasteiger partial charge on any atom is -0.479 e. The van der Waals surface area contributed by atoms with E-state index in [9.17, 15) is 14.7 Å². The number of hydrogen-bond acceptors (Lipinski definition) is 4. The first-order valence-corrected chi connectivity index (χ1v) is 7.11. The highest BCUT2D eigenvalue weighted by Crippen LogP contribution is 2.15. The minimum absolute atomic E-state index is 0.0895. The summed E-state index contributed by atoms with van der Waals surface area (Å²) in [6.45, 7) is 1.79. The third-order valence-electron chi connectivity index (χ3n) is 3.33. The van der Waals surface area contributed by atoms with Crippen LogP contribution in [0.25, 0.3) is 0 Å². The second-order valence-corrected chi connectivity index (χ2v) is 4.84. The van der Waals surface area contributed by atoms with Gasteiger partial charge >= 0.3 is 5.97 Å². The van der Waals surface area contributed by atoms with Crippen LogP contribution in [0.2, 0.25) is 0 Å². The lowest BCUT2D eigenvalue weighted by molar-refractivity contribution is -0.145. The molecule has 1 aromatic carbocycles. The smallest absolute Gasteiger partial charge is 0.344 e. The van der Waals surface area contributed by atoms with Crippen molar-refractivity contribution in [2.45, 2.75) is 32.3 Å². The topological polar surface area (TPSA) is 92.3 Å². The molecule has 1 unspecified atom stereocenters. The van der Waals surface area contributed by atoms with Crippen molar-refractivity contribution >= 4 is 5.97 Å². The summed E-state index contributed by atoms with van der Waals surface area (Å²) >= 11 is 0. The van der Waals surface area contributed by atoms with Crippen molar-refractivity contribution in [1.82, 2.24) is 9.97 Å². The number of aromatic amines is 1. The molecule has 0 fully saturated rings. The Kier molecular flexibility index (Phi) is 5.30. The van der Waals surface area contributed by atoms with E-state index >= 15 is 0 Å². The van der Waals surface area contributed by atoms with E-state index < -0.39 is 12.1 Å². The van der Waals surface area contributed by atoms with Crippen molar-refractivity contribution in [3.05, 3.63) is 58.1 Å². The maximum atomic E-state index is 11.7. The van der Waals surface area contributed by atoms with Gasteiger partial charge < -0.3 is 14.8 Å². The quantitative estimate of drug-likeness (QED) is 0.813. The third kappa shape index (κ3) is 3.94. The van der Waals surface area contributed by atoms with Crippen LogP contribution < -0.4 is 10.3 Å². The SMILES string of the molecule is CCc1c(OC(CCc2ccccc2)C(=O)O)nc[nH]c1=O. The highest BCUT2D eigenvalue weighted by atomic mass is 16.5. The molecule has 6 heteroatoms. The van der Waals surface area contributed by atoms with Gasteiger partial charge in [-0.2, -0.15) is 0 Å². The van der Waals surface area contributed by atoms with E-state index in [1.165, 1.54) is 6.33 Å². The Morgan fingerprint density at radius 2 is 2.09 bits per heavy atom. The van der Waals surface area contributed by atoms with Gasteiger partial charge in [-0.3, -0.25) is 4.79 Å². The summed E-state index contributed by atoms with van der Waals surface area (Å²) in [6, 6.07) is 9.57. The molecule has 0 spiro atoms. The maximum absolute atomic E-state index is 11.7. The van der Waals surface area contributed by atoms with Crippen LogP contribution in [0.4, 0.5) is 0 Å². The number of H-pyrrole nitrogens is 1. The van der Waals surface area contributed by atoms with Gasteiger partial charge in [0.05, 0.1) is 11.9 Å². The highest BCUT2D eigenvalue weighted by molar-refractivity contribution is 5.72. The first kappa shape index (κ1) is 15.8. The van der Waals surface area contributed by atoms with Gasteiger partial charge in [-0.15, -0.1) is 0 Å². The Balaban J connectivity index is 2.11. The average Bonchev–Trinajstić information content (AvgIpc) is 2.52. The zero-order chi connectivity index (χ0) is 15.9. The van der Waals surface area contributed by atoms with Crippen LogP contribution in [-0.2, 0) is 17.6 Å². The van der Waals surface area contributed by atoms with Gasteiger partial charge in [-0.1, -0.05) is 37.3 Å². The normalized spacial score (nSPS) is 11.9. The summed E-state index contributed by atoms with van der Waals surface area (Å²) < 4.78 is 5.47. The number of carboxylic acid groups (broad SMARTS) is 1. The predicted octanol–water partition coefficient (Wildman–Crippen LogP) is 1.80. The Labute approximate surface area is 127 Å². The third-order valence-corrected chi connectivity index (χ3v) is 3.33. The van der Waals surface area contributed by atoms with E-state index in [1.807, 2.05) is 30.3 Å². The van der Waals surface area contributed by atoms with Crippen molar-refractivity contribution in [3.63, 3.8) is 0 Å². The van der Waals surface area contributed by atoms with Gasteiger partial charge in [-0.05, 0) is 24.8 Å². The lowest BCUT2D eigenvalue weighted by atomic mass is 10.1. The fraction of sp³-hybridized carbons (Fsp3) is 0.312. The summed E-state index contributed by atoms with van der Waals surface area (Å²) in [5, 5.41) is 9.31. The molecule has 1 atom stereocenters. The fourth-order valence-corrected chi connectivity index (χ4v) is 2.14. The number of carboxylic acids is 1. The van der Waals surface area contributed by atoms with E-state index in [4.69, 9.17) is 4.74 Å². The molecule has 0 bridgehead atoms. The van der Waals surface area contributed by atoms with Gasteiger partial charge in [-0.25, -0.2) is 9.78 Å². The Morgan fingerprint density at radius 3 is 2.73 bits per heavy atom. The molecule has 6 nitrogen and oxygen atoms in total. The summed E-state index contributed by atoms with van der Waals surface area (Å²) in [4.78, 5) is 29.5. The van der Waals surface area contributed by atoms with Crippen LogP contribution in [0, 0.1) is 0 Å². The second kappa shape index (κ2) is 7.40. The van der Waals surface area contributed by atoms with Crippen molar-refractivity contribution < 1.29 is 14.6 Å². The summed E-state index contributed by atoms with van der Waals surface area (Å²) in [5.74, 6) is -0.980. The number of nitrogens with one attached hydrogen (secondary N) is 1. The predicted molar refractivity (Wildman–Crippen MR) is 81.1 cm³/mol. The lowest BCUT2D eigenvalue weighted by Crippen LogP contribution is -2.29. The molecule has 1 aromatic heterocycles. The largest absolute Gasteiger partial charge is 0.479 e. The van der Waals surface area contributed by atoms with E-state index in [0.717, 1.165) is 5.56 Å². The molecular formula is C16H18N2O4. The van der Waals surface area contributed by atoms with Crippen molar-refractivity contribution in [3.8, 4) is 5.88 Å². The number of carbonyl (C=O) groups is 1.